The highest BCUT2D eigenvalue weighted by atomic mass is 35.5. The number of hydrogen-bond acceptors (Lipinski definition) is 5. The van der Waals surface area contributed by atoms with Crippen LogP contribution in [0.25, 0.3) is 0 Å². The molecule has 1 spiro atoms. The fourth-order valence-corrected chi connectivity index (χ4v) is 5.40. The van der Waals surface area contributed by atoms with Crippen LogP contribution in [0.2, 0.25) is 5.02 Å². The lowest BCUT2D eigenvalue weighted by atomic mass is 9.92. The van der Waals surface area contributed by atoms with Crippen molar-refractivity contribution < 1.29 is 22.7 Å². The Morgan fingerprint density at radius 2 is 1.96 bits per heavy atom. The fourth-order valence-electron chi connectivity index (χ4n) is 3.54. The van der Waals surface area contributed by atoms with Gasteiger partial charge >= 0.3 is 5.97 Å². The minimum Gasteiger partial charge on any atom is -0.495 e. The molecule has 0 aromatic heterocycles. The van der Waals surface area contributed by atoms with E-state index in [1.807, 2.05) is 0 Å². The number of carbonyl (C=O) groups is 1. The Hall–Kier alpha value is -1.31. The lowest BCUT2D eigenvalue weighted by Crippen LogP contribution is -2.40. The first-order valence-corrected chi connectivity index (χ1v) is 9.57. The molecule has 132 valence electrons. The number of piperidine rings is 1. The number of esters is 1. The Bertz CT molecular complexity index is 756. The summed E-state index contributed by atoms with van der Waals surface area (Å²) in [6, 6.07) is 4.55. The van der Waals surface area contributed by atoms with Crippen molar-refractivity contribution >= 4 is 27.6 Å². The molecule has 0 radical (unpaired) electrons. The Labute approximate surface area is 146 Å². The first kappa shape index (κ1) is 17.5. The molecule has 24 heavy (non-hydrogen) atoms. The van der Waals surface area contributed by atoms with E-state index in [0.29, 0.717) is 31.0 Å². The predicted octanol–water partition coefficient (Wildman–Crippen LogP) is 2.31. The molecule has 0 amide bonds. The summed E-state index contributed by atoms with van der Waals surface area (Å²) in [5.41, 5.74) is -0.0858. The zero-order chi connectivity index (χ0) is 17.5. The molecule has 1 aromatic carbocycles. The highest BCUT2D eigenvalue weighted by molar-refractivity contribution is 7.89. The van der Waals surface area contributed by atoms with Gasteiger partial charge in [0.05, 0.1) is 20.1 Å². The normalized spacial score (nSPS) is 23.0. The molecule has 1 heterocycles. The van der Waals surface area contributed by atoms with E-state index in [9.17, 15) is 13.2 Å². The van der Waals surface area contributed by atoms with Crippen molar-refractivity contribution in [3.8, 4) is 5.75 Å². The van der Waals surface area contributed by atoms with Gasteiger partial charge in [0.2, 0.25) is 10.0 Å². The zero-order valence-electron chi connectivity index (χ0n) is 13.6. The van der Waals surface area contributed by atoms with Gasteiger partial charge in [-0.2, -0.15) is 4.31 Å². The van der Waals surface area contributed by atoms with Gasteiger partial charge in [0.25, 0.3) is 0 Å². The molecular formula is C16H20ClNO5S. The van der Waals surface area contributed by atoms with Gasteiger partial charge in [-0.25, -0.2) is 8.42 Å². The van der Waals surface area contributed by atoms with Crippen LogP contribution in [0.5, 0.6) is 5.75 Å². The average molecular weight is 374 g/mol. The van der Waals surface area contributed by atoms with Crippen molar-refractivity contribution in [3.05, 3.63) is 23.2 Å². The maximum absolute atomic E-state index is 12.9. The van der Waals surface area contributed by atoms with Crippen molar-refractivity contribution in [1.82, 2.24) is 4.31 Å². The molecular weight excluding hydrogens is 354 g/mol. The second-order valence-corrected chi connectivity index (χ2v) is 8.68. The number of nitrogens with zero attached hydrogens (tertiary/aromatic N) is 1. The molecule has 1 saturated heterocycles. The maximum atomic E-state index is 12.9. The lowest BCUT2D eigenvalue weighted by molar-refractivity contribution is -0.143. The van der Waals surface area contributed by atoms with Crippen molar-refractivity contribution in [1.29, 1.82) is 0 Å². The summed E-state index contributed by atoms with van der Waals surface area (Å²) in [6.45, 7) is 0.761. The number of carbonyl (C=O) groups excluding carboxylic acids is 1. The quantitative estimate of drug-likeness (QED) is 0.757. The van der Waals surface area contributed by atoms with Crippen molar-refractivity contribution in [2.24, 2.45) is 11.3 Å². The molecule has 2 fully saturated rings. The Kier molecular flexibility index (Phi) is 4.53. The molecule has 0 N–H and O–H groups in total. The smallest absolute Gasteiger partial charge is 0.309 e. The van der Waals surface area contributed by atoms with Crippen molar-refractivity contribution in [3.63, 3.8) is 0 Å². The zero-order valence-corrected chi connectivity index (χ0v) is 15.2. The van der Waals surface area contributed by atoms with Crippen LogP contribution in [0.3, 0.4) is 0 Å². The van der Waals surface area contributed by atoms with E-state index < -0.39 is 10.0 Å². The highest BCUT2D eigenvalue weighted by Gasteiger charge is 2.60. The third-order valence-electron chi connectivity index (χ3n) is 5.14. The van der Waals surface area contributed by atoms with Crippen molar-refractivity contribution in [2.75, 3.05) is 27.3 Å². The van der Waals surface area contributed by atoms with Crippen LogP contribution in [-0.2, 0) is 19.6 Å². The van der Waals surface area contributed by atoms with Gasteiger partial charge in [-0.3, -0.25) is 4.79 Å². The summed E-state index contributed by atoms with van der Waals surface area (Å²) in [6.07, 6.45) is 2.11. The fraction of sp³-hybridized carbons (Fsp3) is 0.562. The van der Waals surface area contributed by atoms with E-state index in [4.69, 9.17) is 21.1 Å². The van der Waals surface area contributed by atoms with Gasteiger partial charge in [0, 0.05) is 18.1 Å². The van der Waals surface area contributed by atoms with Gasteiger partial charge in [0.15, 0.2) is 0 Å². The Morgan fingerprint density at radius 3 is 2.54 bits per heavy atom. The topological polar surface area (TPSA) is 72.9 Å². The third-order valence-corrected chi connectivity index (χ3v) is 7.29. The number of hydrogen-bond donors (Lipinski definition) is 0. The molecule has 0 bridgehead atoms. The van der Waals surface area contributed by atoms with Gasteiger partial charge in [-0.1, -0.05) is 11.6 Å². The summed E-state index contributed by atoms with van der Waals surface area (Å²) >= 11 is 5.95. The second kappa shape index (κ2) is 6.20. The largest absolute Gasteiger partial charge is 0.495 e. The molecule has 8 heteroatoms. The minimum absolute atomic E-state index is 0.0776. The van der Waals surface area contributed by atoms with Crippen LogP contribution >= 0.6 is 11.6 Å². The molecule has 1 aliphatic carbocycles. The van der Waals surface area contributed by atoms with E-state index in [1.165, 1.54) is 24.6 Å². The summed E-state index contributed by atoms with van der Waals surface area (Å²) in [5, 5.41) is 0.343. The monoisotopic (exact) mass is 373 g/mol. The van der Waals surface area contributed by atoms with Gasteiger partial charge < -0.3 is 9.47 Å². The van der Waals surface area contributed by atoms with E-state index in [2.05, 4.69) is 0 Å². The van der Waals surface area contributed by atoms with Crippen LogP contribution in [-0.4, -0.2) is 46.0 Å². The molecule has 1 aromatic rings. The number of halogens is 1. The van der Waals surface area contributed by atoms with Gasteiger partial charge in [-0.05, 0) is 42.9 Å². The van der Waals surface area contributed by atoms with E-state index in [0.717, 1.165) is 6.42 Å². The van der Waals surface area contributed by atoms with Crippen LogP contribution < -0.4 is 4.74 Å². The summed E-state index contributed by atoms with van der Waals surface area (Å²) < 4.78 is 37.3. The molecule has 1 atom stereocenters. The summed E-state index contributed by atoms with van der Waals surface area (Å²) in [5.74, 6) is -0.00516. The standard InChI is InChI=1S/C16H20ClNO5S/c1-22-13-4-3-11(17)9-14(13)24(20,21)18-7-5-16(6-8-18)10-12(16)15(19)23-2/h3-4,9,12H,5-8,10H2,1-2H3/t12-/m1/s1. The lowest BCUT2D eigenvalue weighted by Gasteiger charge is -2.32. The minimum atomic E-state index is -3.69. The number of ether oxygens (including phenoxy) is 2. The molecule has 1 saturated carbocycles. The van der Waals surface area contributed by atoms with Crippen LogP contribution in [0, 0.1) is 11.3 Å². The third kappa shape index (κ3) is 2.89. The second-order valence-electron chi connectivity index (χ2n) is 6.34. The molecule has 6 nitrogen and oxygen atoms in total. The van der Waals surface area contributed by atoms with E-state index in [-0.39, 0.29) is 27.9 Å². The Balaban J connectivity index is 1.77. The molecule has 2 aliphatic rings. The summed E-state index contributed by atoms with van der Waals surface area (Å²) in [7, 11) is -0.868. The van der Waals surface area contributed by atoms with E-state index >= 15 is 0 Å². The predicted molar refractivity (Wildman–Crippen MR) is 88.6 cm³/mol. The maximum Gasteiger partial charge on any atom is 0.309 e. The first-order valence-electron chi connectivity index (χ1n) is 7.75. The van der Waals surface area contributed by atoms with Gasteiger partial charge in [0.1, 0.15) is 10.6 Å². The van der Waals surface area contributed by atoms with Gasteiger partial charge in [-0.15, -0.1) is 0 Å². The van der Waals surface area contributed by atoms with E-state index in [1.54, 1.807) is 12.1 Å². The Morgan fingerprint density at radius 1 is 1.29 bits per heavy atom. The molecule has 1 aliphatic heterocycles. The number of rotatable bonds is 4. The highest BCUT2D eigenvalue weighted by Crippen LogP contribution is 2.60. The molecule has 3 rings (SSSR count). The van der Waals surface area contributed by atoms with Crippen LogP contribution in [0.1, 0.15) is 19.3 Å². The van der Waals surface area contributed by atoms with Crippen LogP contribution in [0.15, 0.2) is 23.1 Å². The molecule has 0 unspecified atom stereocenters. The number of sulfonamides is 1. The summed E-state index contributed by atoms with van der Waals surface area (Å²) in [4.78, 5) is 11.8. The van der Waals surface area contributed by atoms with Crippen molar-refractivity contribution in [2.45, 2.75) is 24.2 Å². The number of methoxy groups -OCH3 is 2. The first-order chi connectivity index (χ1) is 11.3. The average Bonchev–Trinajstić information content (AvgIpc) is 3.27. The number of benzene rings is 1. The SMILES string of the molecule is COC(=O)[C@H]1CC12CCN(S(=O)(=O)c1cc(Cl)ccc1OC)CC2. The van der Waals surface area contributed by atoms with Crippen LogP contribution in [0.4, 0.5) is 0 Å².